The van der Waals surface area contributed by atoms with Crippen LogP contribution in [0.5, 0.6) is 5.75 Å². The molecule has 0 saturated heterocycles. The summed E-state index contributed by atoms with van der Waals surface area (Å²) in [7, 11) is 1.33. The van der Waals surface area contributed by atoms with Crippen LogP contribution in [0.25, 0.3) is 0 Å². The maximum Gasteiger partial charge on any atom is 0.431 e. The molecule has 0 saturated carbocycles. The largest absolute Gasteiger partial charge is 0.497 e. The fourth-order valence-corrected chi connectivity index (χ4v) is 2.94. The van der Waals surface area contributed by atoms with Gasteiger partial charge in [0.25, 0.3) is 11.6 Å². The zero-order valence-corrected chi connectivity index (χ0v) is 14.9. The number of aliphatic hydroxyl groups is 1. The van der Waals surface area contributed by atoms with Crippen molar-refractivity contribution in [2.24, 2.45) is 5.10 Å². The number of benzene rings is 2. The molecule has 1 atom stereocenters. The molecule has 1 N–H and O–H groups in total. The van der Waals surface area contributed by atoms with Gasteiger partial charge in [-0.1, -0.05) is 24.3 Å². The number of nitrogens with zero attached hydrogens (tertiary/aromatic N) is 3. The molecule has 2 aromatic rings. The molecule has 0 spiro atoms. The molecule has 0 unspecified atom stereocenters. The van der Waals surface area contributed by atoms with Gasteiger partial charge in [0.2, 0.25) is 0 Å². The molecule has 0 bridgehead atoms. The number of ether oxygens (including phenoxy) is 1. The van der Waals surface area contributed by atoms with Crippen LogP contribution in [0.15, 0.2) is 53.6 Å². The molecule has 11 heteroatoms. The summed E-state index contributed by atoms with van der Waals surface area (Å²) < 4.78 is 44.9. The minimum Gasteiger partial charge on any atom is -0.497 e. The van der Waals surface area contributed by atoms with Crippen molar-refractivity contribution in [3.63, 3.8) is 0 Å². The lowest BCUT2D eigenvalue weighted by Crippen LogP contribution is -2.44. The standard InChI is InChI=1S/C18H14F3N3O5/c1-29-12-6-4-5-11(9-12)17(26)10-15(18(19,20)21)22-23(17)16(25)13-7-2-3-8-14(13)24(27)28/h2-9,26H,10H2,1H3/t17-/m1/s1. The van der Waals surface area contributed by atoms with E-state index in [0.29, 0.717) is 0 Å². The number of nitro groups is 1. The third-order valence-electron chi connectivity index (χ3n) is 4.37. The number of carbonyl (C=O) groups is 1. The van der Waals surface area contributed by atoms with Gasteiger partial charge < -0.3 is 9.84 Å². The van der Waals surface area contributed by atoms with Crippen LogP contribution < -0.4 is 4.74 Å². The van der Waals surface area contributed by atoms with Crippen molar-refractivity contribution < 1.29 is 32.7 Å². The molecular weight excluding hydrogens is 395 g/mol. The number of nitro benzene ring substituents is 1. The van der Waals surface area contributed by atoms with Crippen LogP contribution in [-0.2, 0) is 5.72 Å². The quantitative estimate of drug-likeness (QED) is 0.617. The van der Waals surface area contributed by atoms with Crippen LogP contribution in [0.3, 0.4) is 0 Å². The Morgan fingerprint density at radius 1 is 1.28 bits per heavy atom. The number of hydrogen-bond acceptors (Lipinski definition) is 6. The van der Waals surface area contributed by atoms with Gasteiger partial charge in [-0.3, -0.25) is 14.9 Å². The summed E-state index contributed by atoms with van der Waals surface area (Å²) in [6, 6.07) is 10.2. The third kappa shape index (κ3) is 3.63. The van der Waals surface area contributed by atoms with Crippen molar-refractivity contribution in [2.75, 3.05) is 7.11 Å². The number of carbonyl (C=O) groups excluding carboxylic acids is 1. The zero-order valence-electron chi connectivity index (χ0n) is 14.9. The molecule has 1 amide bonds. The Balaban J connectivity index is 2.15. The molecule has 1 heterocycles. The summed E-state index contributed by atoms with van der Waals surface area (Å²) in [5, 5.41) is 25.8. The number of hydrazone groups is 1. The number of rotatable bonds is 4. The SMILES string of the molecule is COc1cccc([C@]2(O)CC(C(F)(F)F)=NN2C(=O)c2ccccc2[N+](=O)[O-])c1. The van der Waals surface area contributed by atoms with E-state index in [0.717, 1.165) is 12.1 Å². The first-order valence-electron chi connectivity index (χ1n) is 8.17. The van der Waals surface area contributed by atoms with E-state index in [1.54, 1.807) is 0 Å². The van der Waals surface area contributed by atoms with Crippen LogP contribution in [0, 0.1) is 10.1 Å². The molecule has 8 nitrogen and oxygen atoms in total. The van der Waals surface area contributed by atoms with Crippen molar-refractivity contribution in [1.82, 2.24) is 5.01 Å². The van der Waals surface area contributed by atoms with Crippen molar-refractivity contribution in [2.45, 2.75) is 18.3 Å². The molecule has 0 aliphatic carbocycles. The highest BCUT2D eigenvalue weighted by Gasteiger charge is 2.53. The highest BCUT2D eigenvalue weighted by Crippen LogP contribution is 2.41. The normalized spacial score (nSPS) is 19.1. The average molecular weight is 409 g/mol. The van der Waals surface area contributed by atoms with Gasteiger partial charge in [-0.15, -0.1) is 0 Å². The smallest absolute Gasteiger partial charge is 0.431 e. The van der Waals surface area contributed by atoms with Crippen LogP contribution in [0.4, 0.5) is 18.9 Å². The van der Waals surface area contributed by atoms with Crippen LogP contribution in [0.1, 0.15) is 22.3 Å². The number of hydrogen-bond donors (Lipinski definition) is 1. The minimum absolute atomic E-state index is 0.0909. The summed E-state index contributed by atoms with van der Waals surface area (Å²) in [5.41, 5.74) is -5.13. The van der Waals surface area contributed by atoms with Gasteiger partial charge in [0.05, 0.1) is 18.5 Å². The molecule has 0 radical (unpaired) electrons. The van der Waals surface area contributed by atoms with Gasteiger partial charge >= 0.3 is 6.18 Å². The first kappa shape index (κ1) is 20.3. The van der Waals surface area contributed by atoms with Gasteiger partial charge in [-0.2, -0.15) is 23.3 Å². The lowest BCUT2D eigenvalue weighted by Gasteiger charge is -2.31. The van der Waals surface area contributed by atoms with Crippen molar-refractivity contribution in [1.29, 1.82) is 0 Å². The second-order valence-electron chi connectivity index (χ2n) is 6.16. The van der Waals surface area contributed by atoms with E-state index in [1.807, 2.05) is 0 Å². The van der Waals surface area contributed by atoms with Gasteiger partial charge in [-0.25, -0.2) is 0 Å². The zero-order chi connectivity index (χ0) is 21.4. The second-order valence-corrected chi connectivity index (χ2v) is 6.16. The van der Waals surface area contributed by atoms with Crippen molar-refractivity contribution >= 4 is 17.3 Å². The van der Waals surface area contributed by atoms with E-state index in [-0.39, 0.29) is 16.3 Å². The fraction of sp³-hybridized carbons (Fsp3) is 0.222. The lowest BCUT2D eigenvalue weighted by molar-refractivity contribution is -0.385. The average Bonchev–Trinajstić information content (AvgIpc) is 3.06. The van der Waals surface area contributed by atoms with Gasteiger partial charge in [-0.05, 0) is 18.2 Å². The lowest BCUT2D eigenvalue weighted by atomic mass is 9.96. The Morgan fingerprint density at radius 2 is 1.97 bits per heavy atom. The number of amides is 1. The fourth-order valence-electron chi connectivity index (χ4n) is 2.94. The maximum atomic E-state index is 13.3. The Hall–Kier alpha value is -3.47. The van der Waals surface area contributed by atoms with E-state index in [1.165, 1.54) is 43.5 Å². The Bertz CT molecular complexity index is 1010. The van der Waals surface area contributed by atoms with E-state index in [2.05, 4.69) is 5.10 Å². The summed E-state index contributed by atoms with van der Waals surface area (Å²) in [6.45, 7) is 0. The maximum absolute atomic E-state index is 13.3. The second kappa shape index (κ2) is 7.17. The number of methoxy groups -OCH3 is 1. The monoisotopic (exact) mass is 409 g/mol. The highest BCUT2D eigenvalue weighted by atomic mass is 19.4. The Labute approximate surface area is 162 Å². The van der Waals surface area contributed by atoms with Crippen molar-refractivity contribution in [3.05, 3.63) is 69.8 Å². The van der Waals surface area contributed by atoms with E-state index >= 15 is 0 Å². The molecule has 1 aliphatic heterocycles. The molecule has 3 rings (SSSR count). The molecule has 1 aliphatic rings. The number of para-hydroxylation sites is 1. The summed E-state index contributed by atoms with van der Waals surface area (Å²) in [5.74, 6) is -1.02. The topological polar surface area (TPSA) is 105 Å². The van der Waals surface area contributed by atoms with E-state index < -0.39 is 46.1 Å². The molecule has 152 valence electrons. The predicted molar refractivity (Wildman–Crippen MR) is 94.3 cm³/mol. The third-order valence-corrected chi connectivity index (χ3v) is 4.37. The van der Waals surface area contributed by atoms with Crippen LogP contribution in [-0.4, -0.2) is 39.9 Å². The van der Waals surface area contributed by atoms with E-state index in [9.17, 15) is 33.2 Å². The predicted octanol–water partition coefficient (Wildman–Crippen LogP) is 3.21. The van der Waals surface area contributed by atoms with E-state index in [4.69, 9.17) is 4.74 Å². The van der Waals surface area contributed by atoms with Crippen molar-refractivity contribution in [3.8, 4) is 5.75 Å². The number of alkyl halides is 3. The molecule has 29 heavy (non-hydrogen) atoms. The van der Waals surface area contributed by atoms with Gasteiger partial charge in [0.1, 0.15) is 17.0 Å². The van der Waals surface area contributed by atoms with Gasteiger partial charge in [0, 0.05) is 11.6 Å². The summed E-state index contributed by atoms with van der Waals surface area (Å²) in [6.07, 6.45) is -5.96. The molecular formula is C18H14F3N3O5. The van der Waals surface area contributed by atoms with Gasteiger partial charge in [0.15, 0.2) is 5.72 Å². The highest BCUT2D eigenvalue weighted by molar-refractivity contribution is 6.02. The molecule has 0 aromatic heterocycles. The number of halogens is 3. The Morgan fingerprint density at radius 3 is 2.59 bits per heavy atom. The first-order valence-corrected chi connectivity index (χ1v) is 8.17. The summed E-state index contributed by atoms with van der Waals surface area (Å²) >= 11 is 0. The first-order chi connectivity index (χ1) is 13.6. The Kier molecular flexibility index (Phi) is 5.01. The molecule has 2 aromatic carbocycles. The minimum atomic E-state index is -4.91. The molecule has 0 fully saturated rings. The van der Waals surface area contributed by atoms with Crippen LogP contribution >= 0.6 is 0 Å². The summed E-state index contributed by atoms with van der Waals surface area (Å²) in [4.78, 5) is 23.3. The van der Waals surface area contributed by atoms with Crippen LogP contribution in [0.2, 0.25) is 0 Å².